The van der Waals surface area contributed by atoms with E-state index < -0.39 is 5.97 Å². The number of carbonyl (C=O) groups is 1. The van der Waals surface area contributed by atoms with Crippen LogP contribution in [0, 0.1) is 6.92 Å². The highest BCUT2D eigenvalue weighted by atomic mass is 35.5. The van der Waals surface area contributed by atoms with Gasteiger partial charge in [-0.25, -0.2) is 4.79 Å². The van der Waals surface area contributed by atoms with Crippen molar-refractivity contribution in [1.29, 1.82) is 0 Å². The molecule has 0 aromatic heterocycles. The Morgan fingerprint density at radius 2 is 1.91 bits per heavy atom. The number of hydrogen-bond donors (Lipinski definition) is 1. The van der Waals surface area contributed by atoms with E-state index in [0.29, 0.717) is 11.4 Å². The van der Waals surface area contributed by atoms with E-state index in [4.69, 9.17) is 31.5 Å². The van der Waals surface area contributed by atoms with E-state index in [0.717, 1.165) is 11.3 Å². The number of halogens is 1. The lowest BCUT2D eigenvalue weighted by atomic mass is 10.2. The van der Waals surface area contributed by atoms with Gasteiger partial charge in [-0.3, -0.25) is 0 Å². The number of nitrogens with two attached hydrogens (primary N) is 1. The van der Waals surface area contributed by atoms with Crippen LogP contribution in [0.3, 0.4) is 0 Å². The fourth-order valence-corrected chi connectivity index (χ4v) is 2.14. The fourth-order valence-electron chi connectivity index (χ4n) is 1.98. The first kappa shape index (κ1) is 17.0. The summed E-state index contributed by atoms with van der Waals surface area (Å²) < 4.78 is 15.9. The van der Waals surface area contributed by atoms with Crippen LogP contribution in [0.1, 0.15) is 15.9 Å². The molecule has 122 valence electrons. The van der Waals surface area contributed by atoms with Crippen molar-refractivity contribution in [2.45, 2.75) is 6.92 Å². The Bertz CT molecular complexity index is 703. The number of anilines is 1. The molecule has 6 heteroatoms. The Morgan fingerprint density at radius 3 is 2.61 bits per heavy atom. The molecule has 0 aliphatic heterocycles. The molecule has 0 unspecified atom stereocenters. The fraction of sp³-hybridized carbons (Fsp3) is 0.235. The van der Waals surface area contributed by atoms with Gasteiger partial charge in [0.05, 0.1) is 17.8 Å². The van der Waals surface area contributed by atoms with Crippen molar-refractivity contribution in [3.8, 4) is 11.5 Å². The van der Waals surface area contributed by atoms with Crippen LogP contribution < -0.4 is 15.2 Å². The topological polar surface area (TPSA) is 70.8 Å². The molecule has 0 fully saturated rings. The van der Waals surface area contributed by atoms with Gasteiger partial charge in [0.15, 0.2) is 0 Å². The highest BCUT2D eigenvalue weighted by Crippen LogP contribution is 2.29. The smallest absolute Gasteiger partial charge is 0.342 e. The van der Waals surface area contributed by atoms with Crippen LogP contribution in [-0.4, -0.2) is 26.3 Å². The molecule has 0 heterocycles. The van der Waals surface area contributed by atoms with Crippen LogP contribution in [0.25, 0.3) is 0 Å². The number of rotatable bonds is 6. The van der Waals surface area contributed by atoms with E-state index in [1.165, 1.54) is 19.2 Å². The predicted octanol–water partition coefficient (Wildman–Crippen LogP) is 3.48. The maximum Gasteiger partial charge on any atom is 0.342 e. The van der Waals surface area contributed by atoms with Gasteiger partial charge in [-0.2, -0.15) is 0 Å². The zero-order valence-electron chi connectivity index (χ0n) is 13.0. The van der Waals surface area contributed by atoms with Crippen LogP contribution in [0.15, 0.2) is 36.4 Å². The van der Waals surface area contributed by atoms with Crippen molar-refractivity contribution in [2.75, 3.05) is 26.1 Å². The lowest BCUT2D eigenvalue weighted by Gasteiger charge is -2.12. The lowest BCUT2D eigenvalue weighted by Crippen LogP contribution is -2.13. The molecule has 0 atom stereocenters. The van der Waals surface area contributed by atoms with Crippen molar-refractivity contribution in [2.24, 2.45) is 0 Å². The van der Waals surface area contributed by atoms with Gasteiger partial charge in [0.25, 0.3) is 0 Å². The molecule has 0 spiro atoms. The summed E-state index contributed by atoms with van der Waals surface area (Å²) >= 11 is 5.93. The monoisotopic (exact) mass is 335 g/mol. The number of nitrogen functional groups attached to an aromatic ring is 1. The maximum absolute atomic E-state index is 12.1. The molecule has 0 aliphatic rings. The van der Waals surface area contributed by atoms with Crippen LogP contribution in [0.2, 0.25) is 5.02 Å². The average Bonchev–Trinajstić information content (AvgIpc) is 2.55. The van der Waals surface area contributed by atoms with Gasteiger partial charge in [-0.15, -0.1) is 0 Å². The number of ether oxygens (including phenoxy) is 3. The summed E-state index contributed by atoms with van der Waals surface area (Å²) in [4.78, 5) is 12.1. The van der Waals surface area contributed by atoms with E-state index in [1.54, 1.807) is 0 Å². The Labute approximate surface area is 139 Å². The molecule has 2 N–H and O–H groups in total. The standard InChI is InChI=1S/C17H18ClNO4/c1-11-5-3-4-6-15(11)22-7-8-23-17(20)12-9-13(18)14(19)10-16(12)21-2/h3-6,9-10H,7-8,19H2,1-2H3. The molecule has 0 amide bonds. The molecule has 0 saturated carbocycles. The highest BCUT2D eigenvalue weighted by molar-refractivity contribution is 6.33. The van der Waals surface area contributed by atoms with E-state index >= 15 is 0 Å². The molecule has 2 rings (SSSR count). The minimum Gasteiger partial charge on any atom is -0.496 e. The van der Waals surface area contributed by atoms with Gasteiger partial charge >= 0.3 is 5.97 Å². The second kappa shape index (κ2) is 7.74. The van der Waals surface area contributed by atoms with Crippen LogP contribution in [0.5, 0.6) is 11.5 Å². The Kier molecular flexibility index (Phi) is 5.71. The van der Waals surface area contributed by atoms with Crippen molar-refractivity contribution >= 4 is 23.3 Å². The molecule has 0 saturated heterocycles. The van der Waals surface area contributed by atoms with Crippen LogP contribution in [-0.2, 0) is 4.74 Å². The quantitative estimate of drug-likeness (QED) is 0.497. The molecule has 2 aromatic carbocycles. The average molecular weight is 336 g/mol. The summed E-state index contributed by atoms with van der Waals surface area (Å²) in [6.07, 6.45) is 0. The van der Waals surface area contributed by atoms with Gasteiger partial charge in [-0.1, -0.05) is 29.8 Å². The SMILES string of the molecule is COc1cc(N)c(Cl)cc1C(=O)OCCOc1ccccc1C. The van der Waals surface area contributed by atoms with Gasteiger partial charge < -0.3 is 19.9 Å². The molecular formula is C17H18ClNO4. The summed E-state index contributed by atoms with van der Waals surface area (Å²) in [6, 6.07) is 10.5. The number of benzene rings is 2. The van der Waals surface area contributed by atoms with Crippen molar-refractivity contribution in [3.05, 3.63) is 52.5 Å². The normalized spacial score (nSPS) is 10.2. The Morgan fingerprint density at radius 1 is 1.17 bits per heavy atom. The molecule has 0 radical (unpaired) electrons. The predicted molar refractivity (Wildman–Crippen MR) is 89.4 cm³/mol. The molecule has 0 aliphatic carbocycles. The number of aryl methyl sites for hydroxylation is 1. The van der Waals surface area contributed by atoms with Gasteiger partial charge in [-0.05, 0) is 24.6 Å². The third-order valence-corrected chi connectivity index (χ3v) is 3.53. The van der Waals surface area contributed by atoms with Crippen LogP contribution >= 0.6 is 11.6 Å². The summed E-state index contributed by atoms with van der Waals surface area (Å²) in [5.41, 5.74) is 7.26. The zero-order chi connectivity index (χ0) is 16.8. The molecule has 2 aromatic rings. The van der Waals surface area contributed by atoms with Crippen molar-refractivity contribution in [3.63, 3.8) is 0 Å². The van der Waals surface area contributed by atoms with Gasteiger partial charge in [0.1, 0.15) is 30.3 Å². The molecular weight excluding hydrogens is 318 g/mol. The first-order valence-electron chi connectivity index (χ1n) is 7.01. The zero-order valence-corrected chi connectivity index (χ0v) is 13.7. The second-order valence-corrected chi connectivity index (χ2v) is 5.23. The summed E-state index contributed by atoms with van der Waals surface area (Å²) in [7, 11) is 1.45. The lowest BCUT2D eigenvalue weighted by molar-refractivity contribution is 0.0446. The number of para-hydroxylation sites is 1. The minimum absolute atomic E-state index is 0.109. The second-order valence-electron chi connectivity index (χ2n) is 4.82. The summed E-state index contributed by atoms with van der Waals surface area (Å²) in [5.74, 6) is 0.533. The van der Waals surface area contributed by atoms with E-state index in [2.05, 4.69) is 0 Å². The van der Waals surface area contributed by atoms with E-state index in [-0.39, 0.29) is 23.8 Å². The van der Waals surface area contributed by atoms with E-state index in [1.807, 2.05) is 31.2 Å². The Hall–Kier alpha value is -2.40. The third kappa shape index (κ3) is 4.29. The van der Waals surface area contributed by atoms with E-state index in [9.17, 15) is 4.79 Å². The number of hydrogen-bond acceptors (Lipinski definition) is 5. The first-order valence-corrected chi connectivity index (χ1v) is 7.39. The largest absolute Gasteiger partial charge is 0.496 e. The summed E-state index contributed by atoms with van der Waals surface area (Å²) in [5, 5.41) is 0.272. The number of carbonyl (C=O) groups excluding carboxylic acids is 1. The molecule has 23 heavy (non-hydrogen) atoms. The van der Waals surface area contributed by atoms with Crippen molar-refractivity contribution < 1.29 is 19.0 Å². The molecule has 0 bridgehead atoms. The number of esters is 1. The third-order valence-electron chi connectivity index (χ3n) is 3.21. The minimum atomic E-state index is -0.544. The summed E-state index contributed by atoms with van der Waals surface area (Å²) in [6.45, 7) is 2.31. The number of methoxy groups -OCH3 is 1. The Balaban J connectivity index is 1.93. The van der Waals surface area contributed by atoms with Gasteiger partial charge in [0.2, 0.25) is 0 Å². The first-order chi connectivity index (χ1) is 11.0. The maximum atomic E-state index is 12.1. The van der Waals surface area contributed by atoms with Gasteiger partial charge in [0, 0.05) is 6.07 Å². The molecule has 5 nitrogen and oxygen atoms in total. The van der Waals surface area contributed by atoms with Crippen molar-refractivity contribution in [1.82, 2.24) is 0 Å². The highest BCUT2D eigenvalue weighted by Gasteiger charge is 2.16. The van der Waals surface area contributed by atoms with Crippen LogP contribution in [0.4, 0.5) is 5.69 Å².